The molecule has 0 aromatic carbocycles. The second-order valence-corrected chi connectivity index (χ2v) is 4.59. The van der Waals surface area contributed by atoms with Crippen LogP contribution < -0.4 is 10.1 Å². The standard InChI is InChI=1S/C9H8ClF2N3O/c10-7-13-1-5-6(14-7)15-8(4-16-5)2-9(11,12)3-8/h1H,2-4H2,(H,13,14,15). The first-order valence-corrected chi connectivity index (χ1v) is 5.17. The van der Waals surface area contributed by atoms with Crippen molar-refractivity contribution >= 4 is 17.4 Å². The molecular formula is C9H8ClF2N3O. The first-order chi connectivity index (χ1) is 7.48. The highest BCUT2D eigenvalue weighted by atomic mass is 35.5. The molecule has 1 spiro atoms. The zero-order valence-corrected chi connectivity index (χ0v) is 8.89. The van der Waals surface area contributed by atoms with Crippen LogP contribution in [0.15, 0.2) is 6.20 Å². The highest BCUT2D eigenvalue weighted by Crippen LogP contribution is 2.49. The molecule has 2 heterocycles. The van der Waals surface area contributed by atoms with E-state index >= 15 is 0 Å². The smallest absolute Gasteiger partial charge is 0.252 e. The lowest BCUT2D eigenvalue weighted by Crippen LogP contribution is -2.61. The molecule has 2 aliphatic rings. The van der Waals surface area contributed by atoms with Crippen molar-refractivity contribution in [2.75, 3.05) is 11.9 Å². The lowest BCUT2D eigenvalue weighted by atomic mass is 9.73. The van der Waals surface area contributed by atoms with Gasteiger partial charge in [-0.05, 0) is 11.6 Å². The topological polar surface area (TPSA) is 47.0 Å². The minimum Gasteiger partial charge on any atom is -0.486 e. The van der Waals surface area contributed by atoms with Crippen LogP contribution in [0.4, 0.5) is 14.6 Å². The van der Waals surface area contributed by atoms with E-state index in [2.05, 4.69) is 15.3 Å². The summed E-state index contributed by atoms with van der Waals surface area (Å²) in [6, 6.07) is 0. The molecule has 0 saturated heterocycles. The van der Waals surface area contributed by atoms with Gasteiger partial charge in [0.25, 0.3) is 5.92 Å². The summed E-state index contributed by atoms with van der Waals surface area (Å²) in [7, 11) is 0. The molecule has 0 radical (unpaired) electrons. The molecular weight excluding hydrogens is 240 g/mol. The van der Waals surface area contributed by atoms with Gasteiger partial charge in [-0.25, -0.2) is 13.8 Å². The fourth-order valence-corrected chi connectivity index (χ4v) is 2.31. The van der Waals surface area contributed by atoms with Crippen molar-refractivity contribution in [2.24, 2.45) is 0 Å². The molecule has 1 saturated carbocycles. The predicted molar refractivity (Wildman–Crippen MR) is 53.1 cm³/mol. The summed E-state index contributed by atoms with van der Waals surface area (Å²) in [6.07, 6.45) is 0.962. The number of rotatable bonds is 0. The zero-order valence-electron chi connectivity index (χ0n) is 8.14. The van der Waals surface area contributed by atoms with Crippen molar-refractivity contribution in [1.29, 1.82) is 0 Å². The number of alkyl halides is 2. The highest BCUT2D eigenvalue weighted by molar-refractivity contribution is 6.28. The van der Waals surface area contributed by atoms with E-state index in [0.29, 0.717) is 11.6 Å². The first kappa shape index (κ1) is 10.0. The third kappa shape index (κ3) is 1.48. The SMILES string of the molecule is FC1(F)CC2(COc3cnc(Cl)nc3N2)C1. The fourth-order valence-electron chi connectivity index (χ4n) is 2.18. The van der Waals surface area contributed by atoms with Crippen LogP contribution >= 0.6 is 11.6 Å². The maximum absolute atomic E-state index is 12.9. The summed E-state index contributed by atoms with van der Waals surface area (Å²) in [5.41, 5.74) is -0.700. The van der Waals surface area contributed by atoms with Gasteiger partial charge in [0.2, 0.25) is 5.28 Å². The summed E-state index contributed by atoms with van der Waals surface area (Å²) in [4.78, 5) is 7.67. The number of nitrogens with zero attached hydrogens (tertiary/aromatic N) is 2. The third-order valence-electron chi connectivity index (χ3n) is 2.81. The lowest BCUT2D eigenvalue weighted by Gasteiger charge is -2.49. The van der Waals surface area contributed by atoms with Crippen LogP contribution in [-0.2, 0) is 0 Å². The van der Waals surface area contributed by atoms with Crippen LogP contribution in [0.3, 0.4) is 0 Å². The molecule has 0 atom stereocenters. The van der Waals surface area contributed by atoms with Crippen LogP contribution in [0.5, 0.6) is 5.75 Å². The molecule has 3 rings (SSSR count). The van der Waals surface area contributed by atoms with Crippen LogP contribution in [0.1, 0.15) is 12.8 Å². The fraction of sp³-hybridized carbons (Fsp3) is 0.556. The molecule has 1 N–H and O–H groups in total. The monoisotopic (exact) mass is 247 g/mol. The van der Waals surface area contributed by atoms with E-state index < -0.39 is 11.5 Å². The summed E-state index contributed by atoms with van der Waals surface area (Å²) in [5.74, 6) is -1.77. The van der Waals surface area contributed by atoms with E-state index in [4.69, 9.17) is 16.3 Å². The number of hydrogen-bond donors (Lipinski definition) is 1. The van der Waals surface area contributed by atoms with Gasteiger partial charge in [0.05, 0.1) is 11.7 Å². The van der Waals surface area contributed by atoms with Gasteiger partial charge >= 0.3 is 0 Å². The average Bonchev–Trinajstić information content (AvgIpc) is 2.13. The largest absolute Gasteiger partial charge is 0.486 e. The normalized spacial score (nSPS) is 23.9. The molecule has 4 nitrogen and oxygen atoms in total. The Morgan fingerprint density at radius 2 is 2.19 bits per heavy atom. The number of fused-ring (bicyclic) bond motifs is 1. The van der Waals surface area contributed by atoms with Gasteiger partial charge < -0.3 is 10.1 Å². The minimum atomic E-state index is -2.61. The van der Waals surface area contributed by atoms with Gasteiger partial charge in [0.15, 0.2) is 11.6 Å². The van der Waals surface area contributed by atoms with E-state index in [1.165, 1.54) is 6.20 Å². The Bertz CT molecular complexity index is 446. The number of hydrogen-bond acceptors (Lipinski definition) is 4. The maximum Gasteiger partial charge on any atom is 0.252 e. The number of halogens is 3. The molecule has 0 unspecified atom stereocenters. The van der Waals surface area contributed by atoms with Crippen LogP contribution in [0, 0.1) is 0 Å². The summed E-state index contributed by atoms with van der Waals surface area (Å²) in [6.45, 7) is 0.209. The van der Waals surface area contributed by atoms with Gasteiger partial charge in [0.1, 0.15) is 6.61 Å². The Kier molecular flexibility index (Phi) is 1.84. The maximum atomic E-state index is 12.9. The Labute approximate surface area is 95.0 Å². The van der Waals surface area contributed by atoms with E-state index in [1.54, 1.807) is 0 Å². The second-order valence-electron chi connectivity index (χ2n) is 4.26. The molecule has 16 heavy (non-hydrogen) atoms. The Morgan fingerprint density at radius 3 is 2.88 bits per heavy atom. The summed E-state index contributed by atoms with van der Waals surface area (Å²) in [5, 5.41) is 3.03. The van der Waals surface area contributed by atoms with E-state index in [1.807, 2.05) is 0 Å². The second kappa shape index (κ2) is 2.94. The van der Waals surface area contributed by atoms with Crippen molar-refractivity contribution in [2.45, 2.75) is 24.3 Å². The summed E-state index contributed by atoms with van der Waals surface area (Å²) >= 11 is 5.62. The van der Waals surface area contributed by atoms with Crippen molar-refractivity contribution in [3.8, 4) is 5.75 Å². The number of nitrogens with one attached hydrogen (secondary N) is 1. The van der Waals surface area contributed by atoms with Crippen molar-refractivity contribution in [1.82, 2.24) is 9.97 Å². The third-order valence-corrected chi connectivity index (χ3v) is 2.99. The van der Waals surface area contributed by atoms with Gasteiger partial charge in [0, 0.05) is 12.8 Å². The molecule has 1 fully saturated rings. The van der Waals surface area contributed by atoms with Gasteiger partial charge in [-0.3, -0.25) is 0 Å². The molecule has 0 amide bonds. The average molecular weight is 248 g/mol. The van der Waals surface area contributed by atoms with Crippen molar-refractivity contribution in [3.05, 3.63) is 11.5 Å². The molecule has 0 bridgehead atoms. The zero-order chi connectivity index (χ0) is 11.4. The van der Waals surface area contributed by atoms with Crippen LogP contribution in [-0.4, -0.2) is 28.0 Å². The quantitative estimate of drug-likeness (QED) is 0.714. The Balaban J connectivity index is 1.87. The lowest BCUT2D eigenvalue weighted by molar-refractivity contribution is -0.126. The first-order valence-electron chi connectivity index (χ1n) is 4.80. The van der Waals surface area contributed by atoms with Crippen LogP contribution in [0.25, 0.3) is 0 Å². The minimum absolute atomic E-state index is 0.0676. The van der Waals surface area contributed by atoms with Crippen molar-refractivity contribution < 1.29 is 13.5 Å². The Hall–Kier alpha value is -1.17. The van der Waals surface area contributed by atoms with Gasteiger partial charge in [-0.2, -0.15) is 4.98 Å². The molecule has 1 aromatic rings. The molecule has 7 heteroatoms. The number of anilines is 1. The number of ether oxygens (including phenoxy) is 1. The highest BCUT2D eigenvalue weighted by Gasteiger charge is 2.58. The van der Waals surface area contributed by atoms with E-state index in [9.17, 15) is 8.78 Å². The summed E-state index contributed by atoms with van der Waals surface area (Å²) < 4.78 is 31.1. The molecule has 86 valence electrons. The molecule has 1 aliphatic heterocycles. The molecule has 1 aromatic heterocycles. The van der Waals surface area contributed by atoms with Gasteiger partial charge in [-0.1, -0.05) is 0 Å². The van der Waals surface area contributed by atoms with Gasteiger partial charge in [-0.15, -0.1) is 0 Å². The van der Waals surface area contributed by atoms with E-state index in [-0.39, 0.29) is 24.7 Å². The Morgan fingerprint density at radius 1 is 1.44 bits per heavy atom. The van der Waals surface area contributed by atoms with Crippen LogP contribution in [0.2, 0.25) is 5.28 Å². The number of aromatic nitrogens is 2. The predicted octanol–water partition coefficient (Wildman–Crippen LogP) is 2.10. The molecule has 1 aliphatic carbocycles. The van der Waals surface area contributed by atoms with Crippen molar-refractivity contribution in [3.63, 3.8) is 0 Å². The van der Waals surface area contributed by atoms with E-state index in [0.717, 1.165) is 0 Å².